The molecule has 2 aromatic heterocycles. The van der Waals surface area contributed by atoms with Crippen LogP contribution in [-0.4, -0.2) is 32.6 Å². The Bertz CT molecular complexity index is 499. The van der Waals surface area contributed by atoms with Crippen LogP contribution in [0.3, 0.4) is 0 Å². The molecule has 0 fully saturated rings. The van der Waals surface area contributed by atoms with E-state index in [0.717, 1.165) is 26.1 Å². The van der Waals surface area contributed by atoms with Gasteiger partial charge in [-0.2, -0.15) is 4.98 Å². The number of hydrogen-bond donors (Lipinski definition) is 2. The highest BCUT2D eigenvalue weighted by Gasteiger charge is 2.04. The summed E-state index contributed by atoms with van der Waals surface area (Å²) in [5.41, 5.74) is 0. The summed E-state index contributed by atoms with van der Waals surface area (Å²) < 4.78 is 2.04. The van der Waals surface area contributed by atoms with Gasteiger partial charge < -0.3 is 15.2 Å². The molecule has 2 N–H and O–H groups in total. The van der Waals surface area contributed by atoms with Gasteiger partial charge in [0.25, 0.3) is 0 Å². The summed E-state index contributed by atoms with van der Waals surface area (Å²) in [6, 6.07) is 0. The lowest BCUT2D eigenvalue weighted by Crippen LogP contribution is -2.09. The molecule has 0 aromatic carbocycles. The number of rotatable bonds is 7. The van der Waals surface area contributed by atoms with Crippen molar-refractivity contribution in [3.63, 3.8) is 0 Å². The quantitative estimate of drug-likeness (QED) is 0.762. The maximum absolute atomic E-state index is 6.04. The second-order valence-electron chi connectivity index (χ2n) is 4.00. The summed E-state index contributed by atoms with van der Waals surface area (Å²) in [6.07, 6.45) is 8.09. The van der Waals surface area contributed by atoms with Crippen molar-refractivity contribution >= 4 is 23.4 Å². The molecule has 7 heteroatoms. The SMILES string of the molecule is CCNc1ncc(Cl)c(NCCCn2ccnc2)n1. The van der Waals surface area contributed by atoms with Gasteiger partial charge in [0.15, 0.2) is 0 Å². The zero-order valence-electron chi connectivity index (χ0n) is 10.8. The van der Waals surface area contributed by atoms with Crippen molar-refractivity contribution in [2.45, 2.75) is 19.9 Å². The molecule has 19 heavy (non-hydrogen) atoms. The van der Waals surface area contributed by atoms with Gasteiger partial charge in [-0.1, -0.05) is 11.6 Å². The monoisotopic (exact) mass is 280 g/mol. The van der Waals surface area contributed by atoms with Crippen molar-refractivity contribution in [2.24, 2.45) is 0 Å². The molecule has 0 atom stereocenters. The summed E-state index contributed by atoms with van der Waals surface area (Å²) in [5, 5.41) is 6.80. The lowest BCUT2D eigenvalue weighted by atomic mass is 10.4. The zero-order valence-corrected chi connectivity index (χ0v) is 11.6. The summed E-state index contributed by atoms with van der Waals surface area (Å²) in [6.45, 7) is 4.48. The first-order valence-corrected chi connectivity index (χ1v) is 6.63. The summed E-state index contributed by atoms with van der Waals surface area (Å²) in [5.74, 6) is 1.25. The van der Waals surface area contributed by atoms with Crippen molar-refractivity contribution in [1.29, 1.82) is 0 Å². The van der Waals surface area contributed by atoms with Gasteiger partial charge in [0, 0.05) is 32.0 Å². The Hall–Kier alpha value is -1.82. The van der Waals surface area contributed by atoms with Gasteiger partial charge in [0.1, 0.15) is 10.8 Å². The maximum Gasteiger partial charge on any atom is 0.224 e. The zero-order chi connectivity index (χ0) is 13.5. The Labute approximate surface area is 117 Å². The standard InChI is InChI=1S/C12H17ClN6/c1-2-15-12-17-8-10(13)11(18-12)16-4-3-6-19-7-5-14-9-19/h5,7-9H,2-4,6H2,1H3,(H2,15,16,17,18). The predicted octanol–water partition coefficient (Wildman–Crippen LogP) is 2.26. The highest BCUT2D eigenvalue weighted by atomic mass is 35.5. The van der Waals surface area contributed by atoms with E-state index >= 15 is 0 Å². The number of nitrogens with one attached hydrogen (secondary N) is 2. The molecule has 0 saturated heterocycles. The Morgan fingerprint density at radius 1 is 1.37 bits per heavy atom. The van der Waals surface area contributed by atoms with E-state index < -0.39 is 0 Å². The summed E-state index contributed by atoms with van der Waals surface area (Å²) >= 11 is 6.04. The van der Waals surface area contributed by atoms with Crippen LogP contribution in [0.4, 0.5) is 11.8 Å². The molecule has 0 amide bonds. The van der Waals surface area contributed by atoms with Crippen LogP contribution in [0.1, 0.15) is 13.3 Å². The van der Waals surface area contributed by atoms with Gasteiger partial charge in [-0.05, 0) is 13.3 Å². The number of nitrogens with zero attached hydrogens (tertiary/aromatic N) is 4. The third-order valence-electron chi connectivity index (χ3n) is 2.52. The molecular weight excluding hydrogens is 264 g/mol. The molecule has 0 bridgehead atoms. The molecule has 0 aliphatic rings. The van der Waals surface area contributed by atoms with Gasteiger partial charge in [-0.15, -0.1) is 0 Å². The van der Waals surface area contributed by atoms with Gasteiger partial charge >= 0.3 is 0 Å². The minimum absolute atomic E-state index is 0.532. The fourth-order valence-electron chi connectivity index (χ4n) is 1.62. The maximum atomic E-state index is 6.04. The number of anilines is 2. The van der Waals surface area contributed by atoms with E-state index in [-0.39, 0.29) is 0 Å². The Balaban J connectivity index is 1.83. The fraction of sp³-hybridized carbons (Fsp3) is 0.417. The van der Waals surface area contributed by atoms with Crippen LogP contribution < -0.4 is 10.6 Å². The summed E-state index contributed by atoms with van der Waals surface area (Å²) in [7, 11) is 0. The second-order valence-corrected chi connectivity index (χ2v) is 4.41. The van der Waals surface area contributed by atoms with Gasteiger partial charge in [-0.3, -0.25) is 0 Å². The van der Waals surface area contributed by atoms with Crippen LogP contribution >= 0.6 is 11.6 Å². The van der Waals surface area contributed by atoms with Crippen LogP contribution in [0.5, 0.6) is 0 Å². The molecule has 0 radical (unpaired) electrons. The van der Waals surface area contributed by atoms with Gasteiger partial charge in [0.05, 0.1) is 12.5 Å². The lowest BCUT2D eigenvalue weighted by Gasteiger charge is -2.09. The molecule has 0 aliphatic heterocycles. The van der Waals surface area contributed by atoms with Crippen LogP contribution in [-0.2, 0) is 6.54 Å². The van der Waals surface area contributed by atoms with Crippen LogP contribution in [0.2, 0.25) is 5.02 Å². The second kappa shape index (κ2) is 6.94. The van der Waals surface area contributed by atoms with E-state index in [0.29, 0.717) is 16.8 Å². The number of halogens is 1. The molecule has 2 heterocycles. The molecular formula is C12H17ClN6. The highest BCUT2D eigenvalue weighted by molar-refractivity contribution is 6.32. The molecule has 0 saturated carbocycles. The number of aryl methyl sites for hydroxylation is 1. The number of imidazole rings is 1. The first-order valence-electron chi connectivity index (χ1n) is 6.25. The van der Waals surface area contributed by atoms with Crippen LogP contribution in [0.15, 0.2) is 24.9 Å². The Kier molecular flexibility index (Phi) is 4.97. The molecule has 2 rings (SSSR count). The van der Waals surface area contributed by atoms with Crippen molar-refractivity contribution in [3.05, 3.63) is 29.9 Å². The first kappa shape index (κ1) is 13.6. The highest BCUT2D eigenvalue weighted by Crippen LogP contribution is 2.19. The molecule has 0 aliphatic carbocycles. The fourth-order valence-corrected chi connectivity index (χ4v) is 1.78. The molecule has 0 unspecified atom stereocenters. The largest absolute Gasteiger partial charge is 0.369 e. The summed E-state index contributed by atoms with van der Waals surface area (Å²) in [4.78, 5) is 12.4. The molecule has 102 valence electrons. The van der Waals surface area contributed by atoms with Crippen LogP contribution in [0.25, 0.3) is 0 Å². The third-order valence-corrected chi connectivity index (χ3v) is 2.80. The normalized spacial score (nSPS) is 10.4. The predicted molar refractivity (Wildman–Crippen MR) is 76.5 cm³/mol. The van der Waals surface area contributed by atoms with Crippen molar-refractivity contribution in [1.82, 2.24) is 19.5 Å². The third kappa shape index (κ3) is 4.10. The van der Waals surface area contributed by atoms with E-state index in [9.17, 15) is 0 Å². The van der Waals surface area contributed by atoms with E-state index in [1.807, 2.05) is 17.7 Å². The molecule has 0 spiro atoms. The molecule has 6 nitrogen and oxygen atoms in total. The van der Waals surface area contributed by atoms with Crippen LogP contribution in [0, 0.1) is 0 Å². The number of hydrogen-bond acceptors (Lipinski definition) is 5. The smallest absolute Gasteiger partial charge is 0.224 e. The van der Waals surface area contributed by atoms with Crippen molar-refractivity contribution in [3.8, 4) is 0 Å². The first-order chi connectivity index (χ1) is 9.29. The Morgan fingerprint density at radius 2 is 2.26 bits per heavy atom. The van der Waals surface area contributed by atoms with Gasteiger partial charge in [-0.25, -0.2) is 9.97 Å². The van der Waals surface area contributed by atoms with E-state index in [1.54, 1.807) is 18.7 Å². The number of aromatic nitrogens is 4. The average molecular weight is 281 g/mol. The Morgan fingerprint density at radius 3 is 3.00 bits per heavy atom. The van der Waals surface area contributed by atoms with Gasteiger partial charge in [0.2, 0.25) is 5.95 Å². The molecule has 2 aromatic rings. The van der Waals surface area contributed by atoms with E-state index in [1.165, 1.54) is 0 Å². The lowest BCUT2D eigenvalue weighted by molar-refractivity contribution is 0.660. The van der Waals surface area contributed by atoms with Crippen molar-refractivity contribution in [2.75, 3.05) is 23.7 Å². The minimum atomic E-state index is 0.532. The van der Waals surface area contributed by atoms with Crippen molar-refractivity contribution < 1.29 is 0 Å². The van der Waals surface area contributed by atoms with E-state index in [2.05, 4.69) is 25.6 Å². The average Bonchev–Trinajstić information content (AvgIpc) is 2.91. The van der Waals surface area contributed by atoms with E-state index in [4.69, 9.17) is 11.6 Å². The topological polar surface area (TPSA) is 67.7 Å². The minimum Gasteiger partial charge on any atom is -0.369 e.